The Bertz CT molecular complexity index is 385. The molecule has 2 rings (SSSR count). The van der Waals surface area contributed by atoms with E-state index in [-0.39, 0.29) is 5.78 Å². The van der Waals surface area contributed by atoms with E-state index in [0.717, 1.165) is 5.56 Å². The Balaban J connectivity index is 1.99. The average molecular weight is 224 g/mol. The number of ketones is 1. The van der Waals surface area contributed by atoms with Crippen molar-refractivity contribution < 1.29 is 4.79 Å². The minimum atomic E-state index is 0.282. The van der Waals surface area contributed by atoms with E-state index in [9.17, 15) is 4.79 Å². The second kappa shape index (κ2) is 4.23. The van der Waals surface area contributed by atoms with Crippen LogP contribution in [0.5, 0.6) is 0 Å². The Morgan fingerprint density at radius 3 is 2.80 bits per heavy atom. The molecule has 0 saturated heterocycles. The van der Waals surface area contributed by atoms with Gasteiger partial charge in [0, 0.05) is 23.6 Å². The highest BCUT2D eigenvalue weighted by Gasteiger charge is 2.24. The number of anilines is 1. The third kappa shape index (κ3) is 2.96. The summed E-state index contributed by atoms with van der Waals surface area (Å²) in [6, 6.07) is 5.31. The van der Waals surface area contributed by atoms with Gasteiger partial charge in [0.1, 0.15) is 5.78 Å². The van der Waals surface area contributed by atoms with Crippen LogP contribution < -0.4 is 5.73 Å². The van der Waals surface area contributed by atoms with Crippen molar-refractivity contribution in [2.75, 3.05) is 5.73 Å². The molecule has 1 fully saturated rings. The number of carbonyl (C=O) groups excluding carboxylic acids is 1. The molecule has 1 aliphatic rings. The molecule has 0 amide bonds. The van der Waals surface area contributed by atoms with Crippen LogP contribution in [0.2, 0.25) is 5.02 Å². The first-order valence-electron chi connectivity index (χ1n) is 5.21. The first-order valence-corrected chi connectivity index (χ1v) is 5.58. The summed E-state index contributed by atoms with van der Waals surface area (Å²) in [5.41, 5.74) is 7.10. The van der Waals surface area contributed by atoms with Crippen LogP contribution in [0, 0.1) is 5.92 Å². The summed E-state index contributed by atoms with van der Waals surface area (Å²) in [5, 5.41) is 0.596. The van der Waals surface area contributed by atoms with E-state index in [4.69, 9.17) is 17.3 Å². The number of halogens is 1. The van der Waals surface area contributed by atoms with Crippen LogP contribution in [0.1, 0.15) is 24.8 Å². The number of hydrogen-bond acceptors (Lipinski definition) is 2. The molecular weight excluding hydrogens is 210 g/mol. The smallest absolute Gasteiger partial charge is 0.137 e. The molecule has 2 nitrogen and oxygen atoms in total. The molecule has 0 heterocycles. The fraction of sp³-hybridized carbons (Fsp3) is 0.417. The molecule has 0 unspecified atom stereocenters. The molecule has 0 aliphatic heterocycles. The van der Waals surface area contributed by atoms with Gasteiger partial charge in [-0.25, -0.2) is 0 Å². The van der Waals surface area contributed by atoms with Gasteiger partial charge in [0.15, 0.2) is 0 Å². The van der Waals surface area contributed by atoms with Crippen LogP contribution in [-0.4, -0.2) is 5.78 Å². The zero-order valence-corrected chi connectivity index (χ0v) is 9.26. The van der Waals surface area contributed by atoms with Crippen molar-refractivity contribution in [1.29, 1.82) is 0 Å². The first-order chi connectivity index (χ1) is 7.15. The monoisotopic (exact) mass is 223 g/mol. The van der Waals surface area contributed by atoms with E-state index < -0.39 is 0 Å². The SMILES string of the molecule is Nc1ccc(CC(=O)CC2CC2)c(Cl)c1. The molecule has 1 aromatic carbocycles. The number of hydrogen-bond donors (Lipinski definition) is 1. The molecular formula is C12H14ClNO. The third-order valence-corrected chi connectivity index (χ3v) is 3.03. The number of benzene rings is 1. The van der Waals surface area contributed by atoms with Gasteiger partial charge in [-0.2, -0.15) is 0 Å². The number of Topliss-reactive ketones (excluding diaryl/α,β-unsaturated/α-hetero) is 1. The topological polar surface area (TPSA) is 43.1 Å². The summed E-state index contributed by atoms with van der Waals surface area (Å²) >= 11 is 5.99. The molecule has 1 aromatic rings. The van der Waals surface area contributed by atoms with Gasteiger partial charge in [-0.05, 0) is 36.5 Å². The molecule has 0 spiro atoms. The van der Waals surface area contributed by atoms with Crippen molar-refractivity contribution in [3.05, 3.63) is 28.8 Å². The predicted octanol–water partition coefficient (Wildman–Crippen LogP) is 2.83. The highest BCUT2D eigenvalue weighted by molar-refractivity contribution is 6.31. The fourth-order valence-corrected chi connectivity index (χ4v) is 1.89. The van der Waals surface area contributed by atoms with Gasteiger partial charge >= 0.3 is 0 Å². The van der Waals surface area contributed by atoms with E-state index in [1.807, 2.05) is 6.07 Å². The molecule has 80 valence electrons. The summed E-state index contributed by atoms with van der Waals surface area (Å²) in [6.45, 7) is 0. The van der Waals surface area contributed by atoms with Crippen LogP contribution in [0.4, 0.5) is 5.69 Å². The number of nitrogen functional groups attached to an aromatic ring is 1. The summed E-state index contributed by atoms with van der Waals surface area (Å²) in [6.07, 6.45) is 3.57. The third-order valence-electron chi connectivity index (χ3n) is 2.68. The van der Waals surface area contributed by atoms with Gasteiger partial charge in [-0.15, -0.1) is 0 Å². The molecule has 0 bridgehead atoms. The van der Waals surface area contributed by atoms with Crippen molar-refractivity contribution in [2.45, 2.75) is 25.7 Å². The van der Waals surface area contributed by atoms with Gasteiger partial charge in [0.05, 0.1) is 0 Å². The molecule has 0 radical (unpaired) electrons. The van der Waals surface area contributed by atoms with Gasteiger partial charge in [0.25, 0.3) is 0 Å². The number of carbonyl (C=O) groups is 1. The van der Waals surface area contributed by atoms with Crippen molar-refractivity contribution in [3.63, 3.8) is 0 Å². The fourth-order valence-electron chi connectivity index (χ4n) is 1.64. The largest absolute Gasteiger partial charge is 0.399 e. The van der Waals surface area contributed by atoms with Crippen molar-refractivity contribution >= 4 is 23.1 Å². The van der Waals surface area contributed by atoms with E-state index in [1.165, 1.54) is 12.8 Å². The van der Waals surface area contributed by atoms with Gasteiger partial charge in [-0.3, -0.25) is 4.79 Å². The minimum absolute atomic E-state index is 0.282. The standard InChI is InChI=1S/C12H14ClNO/c13-12-7-10(14)4-3-9(12)6-11(15)5-8-1-2-8/h3-4,7-8H,1-2,5-6,14H2. The summed E-state index contributed by atoms with van der Waals surface area (Å²) in [4.78, 5) is 11.6. The van der Waals surface area contributed by atoms with Gasteiger partial charge in [0.2, 0.25) is 0 Å². The molecule has 0 atom stereocenters. The average Bonchev–Trinajstić information content (AvgIpc) is 2.94. The number of nitrogens with two attached hydrogens (primary N) is 1. The van der Waals surface area contributed by atoms with Crippen molar-refractivity contribution in [3.8, 4) is 0 Å². The highest BCUT2D eigenvalue weighted by Crippen LogP contribution is 2.33. The van der Waals surface area contributed by atoms with Crippen molar-refractivity contribution in [1.82, 2.24) is 0 Å². The quantitative estimate of drug-likeness (QED) is 0.798. The lowest BCUT2D eigenvalue weighted by atomic mass is 10.0. The Morgan fingerprint density at radius 2 is 2.20 bits per heavy atom. The second-order valence-corrected chi connectivity index (χ2v) is 4.62. The highest BCUT2D eigenvalue weighted by atomic mass is 35.5. The first kappa shape index (κ1) is 10.5. The van der Waals surface area contributed by atoms with Gasteiger partial charge in [-0.1, -0.05) is 17.7 Å². The summed E-state index contributed by atoms with van der Waals surface area (Å²) in [5.74, 6) is 0.925. The van der Waals surface area contributed by atoms with E-state index in [0.29, 0.717) is 29.5 Å². The maximum Gasteiger partial charge on any atom is 0.137 e. The molecule has 2 N–H and O–H groups in total. The second-order valence-electron chi connectivity index (χ2n) is 4.21. The lowest BCUT2D eigenvalue weighted by Crippen LogP contribution is -2.04. The molecule has 15 heavy (non-hydrogen) atoms. The predicted molar refractivity (Wildman–Crippen MR) is 61.9 cm³/mol. The van der Waals surface area contributed by atoms with Crippen LogP contribution in [-0.2, 0) is 11.2 Å². The molecule has 0 aromatic heterocycles. The van der Waals surface area contributed by atoms with E-state index in [1.54, 1.807) is 12.1 Å². The molecule has 1 saturated carbocycles. The maximum atomic E-state index is 11.6. The zero-order valence-electron chi connectivity index (χ0n) is 8.50. The summed E-state index contributed by atoms with van der Waals surface area (Å²) < 4.78 is 0. The minimum Gasteiger partial charge on any atom is -0.399 e. The van der Waals surface area contributed by atoms with Crippen molar-refractivity contribution in [2.24, 2.45) is 5.92 Å². The zero-order chi connectivity index (χ0) is 10.8. The maximum absolute atomic E-state index is 11.6. The van der Waals surface area contributed by atoms with Crippen LogP contribution in [0.15, 0.2) is 18.2 Å². The van der Waals surface area contributed by atoms with E-state index in [2.05, 4.69) is 0 Å². The number of rotatable bonds is 4. The van der Waals surface area contributed by atoms with Crippen LogP contribution in [0.25, 0.3) is 0 Å². The van der Waals surface area contributed by atoms with Gasteiger partial charge < -0.3 is 5.73 Å². The Hall–Kier alpha value is -1.02. The van der Waals surface area contributed by atoms with E-state index >= 15 is 0 Å². The van der Waals surface area contributed by atoms with Crippen LogP contribution in [0.3, 0.4) is 0 Å². The lowest BCUT2D eigenvalue weighted by Gasteiger charge is -2.04. The Kier molecular flexibility index (Phi) is 2.96. The summed E-state index contributed by atoms with van der Waals surface area (Å²) in [7, 11) is 0. The molecule has 1 aliphatic carbocycles. The Labute approximate surface area is 94.4 Å². The normalized spacial score (nSPS) is 15.3. The Morgan fingerprint density at radius 1 is 1.47 bits per heavy atom. The molecule has 3 heteroatoms. The van der Waals surface area contributed by atoms with Crippen LogP contribution >= 0.6 is 11.6 Å². The lowest BCUT2D eigenvalue weighted by molar-refractivity contribution is -0.118.